The Balaban J connectivity index is 1.72. The van der Waals surface area contributed by atoms with Crippen LogP contribution in [-0.2, 0) is 23.6 Å². The lowest BCUT2D eigenvalue weighted by Crippen LogP contribution is -2.30. The van der Waals surface area contributed by atoms with Crippen LogP contribution in [0.4, 0.5) is 18.3 Å². The third-order valence-corrected chi connectivity index (χ3v) is 4.95. The van der Waals surface area contributed by atoms with Crippen LogP contribution in [0.3, 0.4) is 0 Å². The smallest absolute Gasteiger partial charge is 0.304 e. The summed E-state index contributed by atoms with van der Waals surface area (Å²) in [6, 6.07) is 4.62. The van der Waals surface area contributed by atoms with Crippen molar-refractivity contribution in [2.24, 2.45) is 0 Å². The van der Waals surface area contributed by atoms with Crippen molar-refractivity contribution < 1.29 is 18.0 Å². The van der Waals surface area contributed by atoms with E-state index in [0.717, 1.165) is 23.5 Å². The summed E-state index contributed by atoms with van der Waals surface area (Å²) in [7, 11) is 0. The van der Waals surface area contributed by atoms with Crippen molar-refractivity contribution in [3.8, 4) is 11.3 Å². The molecular weight excluding hydrogens is 443 g/mol. The maximum absolute atomic E-state index is 12.9. The molecule has 0 unspecified atom stereocenters. The first-order chi connectivity index (χ1) is 14.0. The first-order valence-electron chi connectivity index (χ1n) is 8.13. The van der Waals surface area contributed by atoms with Crippen molar-refractivity contribution in [1.29, 1.82) is 5.41 Å². The number of alkyl halides is 3. The van der Waals surface area contributed by atoms with Crippen molar-refractivity contribution >= 4 is 40.7 Å². The molecule has 1 amide bonds. The topological polar surface area (TPSA) is 132 Å². The number of amides is 1. The second kappa shape index (κ2) is 8.28. The van der Waals surface area contributed by atoms with Crippen molar-refractivity contribution in [2.75, 3.05) is 5.32 Å². The van der Waals surface area contributed by atoms with E-state index in [4.69, 9.17) is 5.41 Å². The van der Waals surface area contributed by atoms with E-state index >= 15 is 0 Å². The third-order valence-electron chi connectivity index (χ3n) is 3.82. The third kappa shape index (κ3) is 4.86. The molecule has 0 bridgehead atoms. The van der Waals surface area contributed by atoms with Crippen molar-refractivity contribution in [1.82, 2.24) is 15.0 Å². The van der Waals surface area contributed by atoms with E-state index in [1.807, 2.05) is 4.98 Å². The molecule has 156 valence electrons. The number of thiazole rings is 1. The highest BCUT2D eigenvalue weighted by Gasteiger charge is 2.30. The summed E-state index contributed by atoms with van der Waals surface area (Å²) in [5.41, 5.74) is -2.49. The van der Waals surface area contributed by atoms with Gasteiger partial charge in [0.2, 0.25) is 10.9 Å². The second-order valence-electron chi connectivity index (χ2n) is 5.98. The van der Waals surface area contributed by atoms with Gasteiger partial charge in [0.15, 0.2) is 5.13 Å². The number of carbonyl (C=O) groups excluding carboxylic acids is 1. The highest BCUT2D eigenvalue weighted by Crippen LogP contribution is 2.33. The lowest BCUT2D eigenvalue weighted by Gasteiger charge is -2.07. The van der Waals surface area contributed by atoms with Crippen molar-refractivity contribution in [2.45, 2.75) is 17.6 Å². The summed E-state index contributed by atoms with van der Waals surface area (Å²) < 4.78 is 38.6. The molecule has 2 heterocycles. The molecule has 4 N–H and O–H groups in total. The van der Waals surface area contributed by atoms with Gasteiger partial charge in [0.25, 0.3) is 5.56 Å². The average Bonchev–Trinajstić information content (AvgIpc) is 3.08. The molecule has 2 aromatic heterocycles. The number of aromatic nitrogens is 3. The molecule has 13 heteroatoms. The normalized spacial score (nSPS) is 11.3. The predicted octanol–water partition coefficient (Wildman–Crippen LogP) is 1.97. The van der Waals surface area contributed by atoms with E-state index in [9.17, 15) is 27.6 Å². The van der Waals surface area contributed by atoms with Gasteiger partial charge in [-0.25, -0.2) is 9.78 Å². The molecule has 0 aliphatic rings. The fourth-order valence-electron chi connectivity index (χ4n) is 2.51. The summed E-state index contributed by atoms with van der Waals surface area (Å²) in [6.07, 6.45) is -4.98. The number of hydrogen-bond acceptors (Lipinski definition) is 6. The second-order valence-corrected chi connectivity index (χ2v) is 7.34. The van der Waals surface area contributed by atoms with Crippen LogP contribution in [0.2, 0.25) is 0 Å². The molecular formula is C17H13F3N5O3S2+. The first-order valence-corrected chi connectivity index (χ1v) is 9.51. The lowest BCUT2D eigenvalue weighted by atomic mass is 10.1. The number of carbonyl (C=O) groups is 1. The van der Waals surface area contributed by atoms with Crippen LogP contribution in [0.25, 0.3) is 11.3 Å². The molecule has 30 heavy (non-hydrogen) atoms. The summed E-state index contributed by atoms with van der Waals surface area (Å²) >= 11 is 4.02. The van der Waals surface area contributed by atoms with Gasteiger partial charge in [0.05, 0.1) is 23.4 Å². The summed E-state index contributed by atoms with van der Waals surface area (Å²) in [4.78, 5) is 43.5. The Morgan fingerprint density at radius 1 is 1.27 bits per heavy atom. The lowest BCUT2D eigenvalue weighted by molar-refractivity contribution is -0.137. The zero-order valence-corrected chi connectivity index (χ0v) is 16.6. The molecule has 0 atom stereocenters. The molecule has 0 aliphatic carbocycles. The minimum absolute atomic E-state index is 0.0392. The van der Waals surface area contributed by atoms with E-state index in [1.54, 1.807) is 0 Å². The molecule has 0 saturated carbocycles. The fourth-order valence-corrected chi connectivity index (χ4v) is 3.62. The van der Waals surface area contributed by atoms with Gasteiger partial charge < -0.3 is 10.7 Å². The molecule has 0 saturated heterocycles. The molecule has 0 spiro atoms. The maximum atomic E-state index is 12.9. The van der Waals surface area contributed by atoms with Gasteiger partial charge >= 0.3 is 11.9 Å². The molecule has 3 rings (SSSR count). The highest BCUT2D eigenvalue weighted by molar-refractivity contribution is 7.58. The Labute approximate surface area is 175 Å². The Hall–Kier alpha value is -3.19. The quantitative estimate of drug-likeness (QED) is 0.266. The van der Waals surface area contributed by atoms with E-state index in [0.29, 0.717) is 0 Å². The van der Waals surface area contributed by atoms with Crippen LogP contribution in [0, 0.1) is 5.41 Å². The van der Waals surface area contributed by atoms with Gasteiger partial charge in [-0.3, -0.25) is 19.6 Å². The van der Waals surface area contributed by atoms with Crippen LogP contribution < -0.4 is 16.6 Å². The summed E-state index contributed by atoms with van der Waals surface area (Å²) in [5.74, 6) is -0.665. The number of halogens is 3. The molecule has 0 aliphatic heterocycles. The van der Waals surface area contributed by atoms with Gasteiger partial charge in [-0.05, 0) is 12.1 Å². The Morgan fingerprint density at radius 3 is 2.67 bits per heavy atom. The van der Waals surface area contributed by atoms with Crippen LogP contribution in [0.1, 0.15) is 17.5 Å². The van der Waals surface area contributed by atoms with E-state index in [-0.39, 0.29) is 32.7 Å². The first kappa shape index (κ1) is 21.5. The summed E-state index contributed by atoms with van der Waals surface area (Å²) in [6.45, 7) is 0. The van der Waals surface area contributed by atoms with Crippen LogP contribution in [0.5, 0.6) is 0 Å². The standard InChI is InChI=1S/C17H12F3N5O3S2/c18-17(19,20)8-3-1-2-7(4-8)10-6-30-16(22-10)23-11(26)5-9(21)12-13(27)24-15(28)25-14(12)29/h1-4,6,21H,5H2,(H,22,23,26)(H3,24,25,27,28,29)/p+1. The number of rotatable bonds is 5. The molecule has 8 nitrogen and oxygen atoms in total. The van der Waals surface area contributed by atoms with E-state index in [1.165, 1.54) is 17.5 Å². The molecule has 0 radical (unpaired) electrons. The number of H-pyrrole nitrogens is 2. The van der Waals surface area contributed by atoms with E-state index in [2.05, 4.69) is 27.9 Å². The Kier molecular flexibility index (Phi) is 5.94. The van der Waals surface area contributed by atoms with Gasteiger partial charge in [-0.2, -0.15) is 13.2 Å². The Bertz CT molecular complexity index is 1250. The Morgan fingerprint density at radius 2 is 2.00 bits per heavy atom. The molecule has 3 aromatic rings. The van der Waals surface area contributed by atoms with Gasteiger partial charge in [-0.15, -0.1) is 11.3 Å². The zero-order chi connectivity index (χ0) is 22.1. The largest absolute Gasteiger partial charge is 0.416 e. The minimum atomic E-state index is -4.49. The zero-order valence-electron chi connectivity index (χ0n) is 14.8. The molecule has 0 fully saturated rings. The van der Waals surface area contributed by atoms with Crippen LogP contribution in [0.15, 0.2) is 44.3 Å². The highest BCUT2D eigenvalue weighted by atomic mass is 32.1. The number of benzene rings is 1. The SMILES string of the molecule is N=C(CC(=O)Nc1nc(-c2cccc(C(F)(F)F)c2)cs1)c1c([SH2+])[nH]c(=O)[nH]c1=O. The number of anilines is 1. The monoisotopic (exact) mass is 456 g/mol. The molecule has 1 aromatic carbocycles. The average molecular weight is 456 g/mol. The van der Waals surface area contributed by atoms with Crippen molar-refractivity contribution in [3.63, 3.8) is 0 Å². The van der Waals surface area contributed by atoms with Crippen molar-refractivity contribution in [3.05, 3.63) is 61.6 Å². The number of nitrogens with zero attached hydrogens (tertiary/aromatic N) is 1. The van der Waals surface area contributed by atoms with E-state index < -0.39 is 35.3 Å². The minimum Gasteiger partial charge on any atom is -0.304 e. The van der Waals surface area contributed by atoms with Crippen LogP contribution in [-0.4, -0.2) is 26.6 Å². The fraction of sp³-hybridized carbons (Fsp3) is 0.118. The van der Waals surface area contributed by atoms with Crippen LogP contribution >= 0.6 is 11.3 Å². The number of aromatic amines is 2. The predicted molar refractivity (Wildman–Crippen MR) is 109 cm³/mol. The van der Waals surface area contributed by atoms with Gasteiger partial charge in [-0.1, -0.05) is 12.1 Å². The van der Waals surface area contributed by atoms with Gasteiger partial charge in [0, 0.05) is 23.6 Å². The number of hydrogen-bond donors (Lipinski definition) is 4. The number of nitrogens with one attached hydrogen (secondary N) is 4. The van der Waals surface area contributed by atoms with Gasteiger partial charge in [0.1, 0.15) is 5.56 Å². The maximum Gasteiger partial charge on any atom is 0.416 e. The summed E-state index contributed by atoms with van der Waals surface area (Å²) in [5, 5.41) is 11.9.